The first-order valence-electron chi connectivity index (χ1n) is 11.1. The number of piperidine rings is 1. The summed E-state index contributed by atoms with van der Waals surface area (Å²) in [4.78, 5) is 1.64. The third kappa shape index (κ3) is 5.02. The van der Waals surface area contributed by atoms with Crippen LogP contribution < -0.4 is 14.8 Å². The molecular formula is C22H33F3N2O4S. The van der Waals surface area contributed by atoms with E-state index in [0.29, 0.717) is 69.7 Å². The topological polar surface area (TPSA) is 67.9 Å². The fraction of sp³-hybridized carbons (Fsp3) is 0.727. The van der Waals surface area contributed by atoms with E-state index in [9.17, 15) is 21.6 Å². The molecule has 0 bridgehead atoms. The molecule has 0 amide bonds. The Morgan fingerprint density at radius 1 is 1.09 bits per heavy atom. The second-order valence-corrected chi connectivity index (χ2v) is 10.6. The van der Waals surface area contributed by atoms with Crippen LogP contribution in [0.15, 0.2) is 12.1 Å². The molecule has 1 saturated heterocycles. The molecule has 3 rings (SSSR count). The highest BCUT2D eigenvalue weighted by molar-refractivity contribution is 7.92. The molecule has 0 spiro atoms. The van der Waals surface area contributed by atoms with E-state index in [4.69, 9.17) is 9.47 Å². The number of fused-ring (bicyclic) bond motifs is 1. The fourth-order valence-corrected chi connectivity index (χ4v) is 6.78. The van der Waals surface area contributed by atoms with E-state index < -0.39 is 26.6 Å². The summed E-state index contributed by atoms with van der Waals surface area (Å²) in [6.07, 6.45) is 3.11. The van der Waals surface area contributed by atoms with E-state index in [2.05, 4.69) is 5.32 Å². The van der Waals surface area contributed by atoms with Crippen LogP contribution in [0, 0.1) is 5.92 Å². The number of nitrogens with one attached hydrogen (secondary N) is 1. The summed E-state index contributed by atoms with van der Waals surface area (Å²) in [5.41, 5.74) is -3.25. The van der Waals surface area contributed by atoms with Crippen LogP contribution in [0.25, 0.3) is 0 Å². The molecular weight excluding hydrogens is 445 g/mol. The summed E-state index contributed by atoms with van der Waals surface area (Å²) < 4.78 is 77.7. The van der Waals surface area contributed by atoms with Crippen LogP contribution in [0.1, 0.15) is 43.7 Å². The number of alkyl halides is 3. The average molecular weight is 479 g/mol. The van der Waals surface area contributed by atoms with Crippen molar-refractivity contribution in [2.24, 2.45) is 5.92 Å². The van der Waals surface area contributed by atoms with Gasteiger partial charge in [-0.05, 0) is 87.3 Å². The Morgan fingerprint density at radius 2 is 1.69 bits per heavy atom. The number of sulfone groups is 1. The Morgan fingerprint density at radius 3 is 2.22 bits per heavy atom. The second kappa shape index (κ2) is 10.2. The number of benzene rings is 1. The van der Waals surface area contributed by atoms with Crippen LogP contribution >= 0.6 is 0 Å². The summed E-state index contributed by atoms with van der Waals surface area (Å²) in [7, 11) is -2.26. The maximum Gasteiger partial charge on any atom is 0.498 e. The van der Waals surface area contributed by atoms with Gasteiger partial charge in [0.25, 0.3) is 9.84 Å². The summed E-state index contributed by atoms with van der Waals surface area (Å²) in [5.74, 6) is 0.621. The van der Waals surface area contributed by atoms with Gasteiger partial charge in [0, 0.05) is 6.04 Å². The predicted octanol–water partition coefficient (Wildman–Crippen LogP) is 3.53. The van der Waals surface area contributed by atoms with Gasteiger partial charge in [0.2, 0.25) is 0 Å². The van der Waals surface area contributed by atoms with Crippen molar-refractivity contribution in [3.05, 3.63) is 23.3 Å². The van der Waals surface area contributed by atoms with Crippen molar-refractivity contribution in [1.82, 2.24) is 10.2 Å². The summed E-state index contributed by atoms with van der Waals surface area (Å²) in [6, 6.07) is 3.48. The third-order valence-corrected chi connectivity index (χ3v) is 8.55. The van der Waals surface area contributed by atoms with Crippen LogP contribution in [0.4, 0.5) is 13.2 Å². The molecule has 0 aromatic heterocycles. The lowest BCUT2D eigenvalue weighted by Gasteiger charge is -2.44. The Kier molecular flexibility index (Phi) is 7.98. The molecule has 32 heavy (non-hydrogen) atoms. The number of halogens is 3. The number of rotatable bonds is 8. The molecule has 6 nitrogen and oxygen atoms in total. The van der Waals surface area contributed by atoms with Crippen molar-refractivity contribution in [1.29, 1.82) is 0 Å². The van der Waals surface area contributed by atoms with Gasteiger partial charge in [-0.2, -0.15) is 13.2 Å². The summed E-state index contributed by atoms with van der Waals surface area (Å²) in [5, 5.41) is 1.57. The van der Waals surface area contributed by atoms with Gasteiger partial charge in [-0.1, -0.05) is 6.92 Å². The van der Waals surface area contributed by atoms with Crippen LogP contribution in [-0.2, 0) is 22.7 Å². The van der Waals surface area contributed by atoms with Gasteiger partial charge in [-0.3, -0.25) is 4.90 Å². The van der Waals surface area contributed by atoms with Gasteiger partial charge in [0.1, 0.15) is 5.37 Å². The van der Waals surface area contributed by atoms with E-state index in [1.807, 2.05) is 19.1 Å². The number of hydrogen-bond donors (Lipinski definition) is 1. The SMILES string of the molecule is CCCN(C1CCc2cc(OC)c(OC)cc2C1)C(C1CCNCC1)S(=O)(=O)C(F)(F)F. The zero-order chi connectivity index (χ0) is 23.5. The Hall–Kier alpha value is -1.52. The third-order valence-electron chi connectivity index (χ3n) is 6.61. The monoisotopic (exact) mass is 478 g/mol. The zero-order valence-electron chi connectivity index (χ0n) is 18.9. The predicted molar refractivity (Wildman–Crippen MR) is 117 cm³/mol. The molecule has 1 fully saturated rings. The molecule has 1 aliphatic carbocycles. The number of hydrogen-bond acceptors (Lipinski definition) is 6. The van der Waals surface area contributed by atoms with Crippen molar-refractivity contribution in [3.8, 4) is 11.5 Å². The molecule has 1 N–H and O–H groups in total. The van der Waals surface area contributed by atoms with Gasteiger partial charge in [-0.15, -0.1) is 0 Å². The van der Waals surface area contributed by atoms with Gasteiger partial charge in [-0.25, -0.2) is 8.42 Å². The standard InChI is InChI=1S/C22H33F3N2O4S/c1-4-11-27(21(15-7-9-26-10-8-15)32(28,29)22(23,24)25)18-6-5-16-13-19(30-2)20(31-3)14-17(16)12-18/h13-15,18,21,26H,4-12H2,1-3H3. The first kappa shape index (κ1) is 25.1. The van der Waals surface area contributed by atoms with E-state index >= 15 is 0 Å². The van der Waals surface area contributed by atoms with Crippen molar-refractivity contribution in [2.45, 2.75) is 62.4 Å². The van der Waals surface area contributed by atoms with Crippen molar-refractivity contribution in [3.63, 3.8) is 0 Å². The molecule has 2 atom stereocenters. The molecule has 2 aliphatic rings. The van der Waals surface area contributed by atoms with E-state index in [-0.39, 0.29) is 6.04 Å². The summed E-state index contributed by atoms with van der Waals surface area (Å²) >= 11 is 0. The van der Waals surface area contributed by atoms with Gasteiger partial charge < -0.3 is 14.8 Å². The lowest BCUT2D eigenvalue weighted by atomic mass is 9.86. The average Bonchev–Trinajstić information content (AvgIpc) is 2.77. The van der Waals surface area contributed by atoms with Crippen molar-refractivity contribution in [2.75, 3.05) is 33.9 Å². The zero-order valence-corrected chi connectivity index (χ0v) is 19.7. The maximum absolute atomic E-state index is 13.8. The molecule has 1 aromatic carbocycles. The van der Waals surface area contributed by atoms with Crippen molar-refractivity contribution >= 4 is 9.84 Å². The van der Waals surface area contributed by atoms with E-state index in [1.54, 1.807) is 12.0 Å². The van der Waals surface area contributed by atoms with Crippen LogP contribution in [0.5, 0.6) is 11.5 Å². The highest BCUT2D eigenvalue weighted by atomic mass is 32.2. The molecule has 0 radical (unpaired) electrons. The lowest BCUT2D eigenvalue weighted by Crippen LogP contribution is -2.57. The minimum absolute atomic E-state index is 0.294. The van der Waals surface area contributed by atoms with Crippen LogP contribution in [-0.4, -0.2) is 64.1 Å². The molecule has 1 heterocycles. The van der Waals surface area contributed by atoms with Gasteiger partial charge in [0.05, 0.1) is 14.2 Å². The first-order chi connectivity index (χ1) is 15.1. The minimum atomic E-state index is -5.36. The highest BCUT2D eigenvalue weighted by Crippen LogP contribution is 2.40. The first-order valence-corrected chi connectivity index (χ1v) is 12.7. The summed E-state index contributed by atoms with van der Waals surface area (Å²) in [6.45, 7) is 3.23. The minimum Gasteiger partial charge on any atom is -0.493 e. The van der Waals surface area contributed by atoms with Crippen LogP contribution in [0.3, 0.4) is 0 Å². The number of ether oxygens (including phenoxy) is 2. The molecule has 2 unspecified atom stereocenters. The Labute approximate surface area is 188 Å². The second-order valence-electron chi connectivity index (χ2n) is 8.58. The molecule has 182 valence electrons. The fourth-order valence-electron chi connectivity index (χ4n) is 5.09. The maximum atomic E-state index is 13.8. The smallest absolute Gasteiger partial charge is 0.493 e. The number of aryl methyl sites for hydroxylation is 1. The van der Waals surface area contributed by atoms with E-state index in [0.717, 1.165) is 11.1 Å². The molecule has 1 aromatic rings. The van der Waals surface area contributed by atoms with Gasteiger partial charge >= 0.3 is 5.51 Å². The molecule has 1 aliphatic heterocycles. The highest BCUT2D eigenvalue weighted by Gasteiger charge is 2.55. The largest absolute Gasteiger partial charge is 0.498 e. The Balaban J connectivity index is 1.99. The Bertz CT molecular complexity index is 886. The lowest BCUT2D eigenvalue weighted by molar-refractivity contribution is -0.0489. The molecule has 10 heteroatoms. The number of methoxy groups -OCH3 is 2. The molecule has 0 saturated carbocycles. The number of nitrogens with zero attached hydrogens (tertiary/aromatic N) is 1. The quantitative estimate of drug-likeness (QED) is 0.617. The van der Waals surface area contributed by atoms with E-state index in [1.165, 1.54) is 7.11 Å². The van der Waals surface area contributed by atoms with Crippen LogP contribution in [0.2, 0.25) is 0 Å². The van der Waals surface area contributed by atoms with Crippen molar-refractivity contribution < 1.29 is 31.1 Å². The van der Waals surface area contributed by atoms with Gasteiger partial charge in [0.15, 0.2) is 11.5 Å². The normalized spacial score (nSPS) is 21.3.